The van der Waals surface area contributed by atoms with E-state index in [1.807, 2.05) is 30.9 Å². The minimum atomic E-state index is -0.193. The number of benzene rings is 1. The highest BCUT2D eigenvalue weighted by molar-refractivity contribution is 5.82. The van der Waals surface area contributed by atoms with E-state index in [2.05, 4.69) is 9.88 Å². The minimum Gasteiger partial charge on any atom is -0.341 e. The molecule has 2 fully saturated rings. The largest absolute Gasteiger partial charge is 0.341 e. The Hall–Kier alpha value is -2.74. The molecule has 2 aromatic rings. The monoisotopic (exact) mass is 425 g/mol. The summed E-state index contributed by atoms with van der Waals surface area (Å²) in [5, 5.41) is 0.533. The topological polar surface area (TPSA) is 78.8 Å². The van der Waals surface area contributed by atoms with Crippen molar-refractivity contribution in [2.45, 2.75) is 45.7 Å². The van der Waals surface area contributed by atoms with Gasteiger partial charge in [-0.25, -0.2) is 4.98 Å². The number of aryl methyl sites for hydroxylation is 1. The van der Waals surface area contributed by atoms with Gasteiger partial charge in [-0.3, -0.25) is 23.9 Å². The van der Waals surface area contributed by atoms with Gasteiger partial charge in [-0.05, 0) is 44.7 Å². The summed E-state index contributed by atoms with van der Waals surface area (Å²) in [6.45, 7) is 8.03. The van der Waals surface area contributed by atoms with Crippen LogP contribution < -0.4 is 5.56 Å². The van der Waals surface area contributed by atoms with Crippen LogP contribution in [0.4, 0.5) is 0 Å². The van der Waals surface area contributed by atoms with Crippen molar-refractivity contribution < 1.29 is 9.59 Å². The molecule has 166 valence electrons. The molecule has 31 heavy (non-hydrogen) atoms. The van der Waals surface area contributed by atoms with E-state index in [1.165, 1.54) is 17.3 Å². The first kappa shape index (κ1) is 21.5. The van der Waals surface area contributed by atoms with Gasteiger partial charge in [-0.2, -0.15) is 0 Å². The molecule has 0 saturated carbocycles. The number of hydrogen-bond donors (Lipinski definition) is 0. The molecule has 0 N–H and O–H groups in total. The molecule has 4 rings (SSSR count). The first-order chi connectivity index (χ1) is 15.0. The Morgan fingerprint density at radius 1 is 1.00 bits per heavy atom. The quantitative estimate of drug-likeness (QED) is 0.737. The van der Waals surface area contributed by atoms with Gasteiger partial charge < -0.3 is 9.80 Å². The second kappa shape index (κ2) is 9.18. The summed E-state index contributed by atoms with van der Waals surface area (Å²) in [6, 6.07) is 5.34. The first-order valence-corrected chi connectivity index (χ1v) is 11.2. The lowest BCUT2D eigenvalue weighted by Gasteiger charge is -2.39. The molecule has 2 amide bonds. The van der Waals surface area contributed by atoms with Crippen molar-refractivity contribution in [3.05, 3.63) is 40.4 Å². The maximum Gasteiger partial charge on any atom is 0.261 e. The van der Waals surface area contributed by atoms with Gasteiger partial charge in [-0.15, -0.1) is 0 Å². The average molecular weight is 426 g/mol. The summed E-state index contributed by atoms with van der Waals surface area (Å²) in [4.78, 5) is 48.7. The van der Waals surface area contributed by atoms with E-state index >= 15 is 0 Å². The van der Waals surface area contributed by atoms with E-state index in [9.17, 15) is 14.4 Å². The molecule has 2 saturated heterocycles. The number of rotatable bonds is 4. The number of aromatic nitrogens is 2. The standard InChI is InChI=1S/C23H31N5O3/c1-17-7-6-8-19-21(17)24-16-28(23(19)31)15-20(29)26-13-11-25(12-14-26)18(2)22(30)27-9-4-3-5-10-27/h6-8,16,18H,3-5,9-15H2,1-2H3. The van der Waals surface area contributed by atoms with Crippen LogP contribution in [-0.2, 0) is 16.1 Å². The van der Waals surface area contributed by atoms with Crippen LogP contribution in [0.25, 0.3) is 10.9 Å². The zero-order chi connectivity index (χ0) is 22.0. The van der Waals surface area contributed by atoms with Crippen LogP contribution in [0, 0.1) is 6.92 Å². The Kier molecular flexibility index (Phi) is 6.36. The fraction of sp³-hybridized carbons (Fsp3) is 0.565. The lowest BCUT2D eigenvalue weighted by atomic mass is 10.1. The molecular weight excluding hydrogens is 394 g/mol. The summed E-state index contributed by atoms with van der Waals surface area (Å²) in [6.07, 6.45) is 4.84. The van der Waals surface area contributed by atoms with Crippen molar-refractivity contribution in [1.82, 2.24) is 24.3 Å². The molecule has 3 heterocycles. The number of fused-ring (bicyclic) bond motifs is 1. The van der Waals surface area contributed by atoms with Gasteiger partial charge in [0, 0.05) is 39.3 Å². The zero-order valence-electron chi connectivity index (χ0n) is 18.4. The van der Waals surface area contributed by atoms with Crippen LogP contribution in [0.2, 0.25) is 0 Å². The highest BCUT2D eigenvalue weighted by Crippen LogP contribution is 2.15. The SMILES string of the molecule is Cc1cccc2c(=O)n(CC(=O)N3CCN(C(C)C(=O)N4CCCCC4)CC3)cnc12. The smallest absolute Gasteiger partial charge is 0.261 e. The second-order valence-electron chi connectivity index (χ2n) is 8.63. The van der Waals surface area contributed by atoms with Crippen LogP contribution in [-0.4, -0.2) is 81.4 Å². The third-order valence-corrected chi connectivity index (χ3v) is 6.60. The maximum atomic E-state index is 12.8. The predicted octanol–water partition coefficient (Wildman–Crippen LogP) is 1.25. The fourth-order valence-electron chi connectivity index (χ4n) is 4.59. The number of carbonyl (C=O) groups is 2. The molecule has 8 nitrogen and oxygen atoms in total. The van der Waals surface area contributed by atoms with E-state index in [0.717, 1.165) is 31.5 Å². The zero-order valence-corrected chi connectivity index (χ0v) is 18.4. The van der Waals surface area contributed by atoms with Crippen molar-refractivity contribution in [2.75, 3.05) is 39.3 Å². The minimum absolute atomic E-state index is 0.0159. The third kappa shape index (κ3) is 4.49. The van der Waals surface area contributed by atoms with Gasteiger partial charge in [0.05, 0.1) is 23.3 Å². The van der Waals surface area contributed by atoms with Gasteiger partial charge in [0.2, 0.25) is 11.8 Å². The molecule has 0 aliphatic carbocycles. The van der Waals surface area contributed by atoms with E-state index in [-0.39, 0.29) is 30.0 Å². The van der Waals surface area contributed by atoms with Gasteiger partial charge in [0.15, 0.2) is 0 Å². The number of piperidine rings is 1. The number of hydrogen-bond acceptors (Lipinski definition) is 5. The highest BCUT2D eigenvalue weighted by Gasteiger charge is 2.30. The fourth-order valence-corrected chi connectivity index (χ4v) is 4.59. The Morgan fingerprint density at radius 2 is 1.71 bits per heavy atom. The molecular formula is C23H31N5O3. The summed E-state index contributed by atoms with van der Waals surface area (Å²) in [5.74, 6) is 0.106. The number of para-hydroxylation sites is 1. The van der Waals surface area contributed by atoms with Gasteiger partial charge in [0.1, 0.15) is 6.54 Å². The maximum absolute atomic E-state index is 12.8. The summed E-state index contributed by atoms with van der Waals surface area (Å²) >= 11 is 0. The van der Waals surface area contributed by atoms with Gasteiger partial charge in [0.25, 0.3) is 5.56 Å². The Morgan fingerprint density at radius 3 is 2.42 bits per heavy atom. The predicted molar refractivity (Wildman–Crippen MR) is 119 cm³/mol. The van der Waals surface area contributed by atoms with E-state index in [4.69, 9.17) is 0 Å². The Bertz CT molecular complexity index is 1020. The Labute approximate surface area is 182 Å². The van der Waals surface area contributed by atoms with Gasteiger partial charge in [-0.1, -0.05) is 12.1 Å². The van der Waals surface area contributed by atoms with E-state index in [1.54, 1.807) is 11.0 Å². The van der Waals surface area contributed by atoms with Crippen molar-refractivity contribution >= 4 is 22.7 Å². The van der Waals surface area contributed by atoms with Crippen molar-refractivity contribution in [1.29, 1.82) is 0 Å². The molecule has 1 aromatic carbocycles. The van der Waals surface area contributed by atoms with E-state index < -0.39 is 0 Å². The summed E-state index contributed by atoms with van der Waals surface area (Å²) < 4.78 is 1.39. The normalized spacial score (nSPS) is 18.9. The number of piperazine rings is 1. The Balaban J connectivity index is 1.35. The van der Waals surface area contributed by atoms with Crippen molar-refractivity contribution in [2.24, 2.45) is 0 Å². The highest BCUT2D eigenvalue weighted by atomic mass is 16.2. The average Bonchev–Trinajstić information content (AvgIpc) is 2.81. The molecule has 8 heteroatoms. The molecule has 2 aliphatic heterocycles. The van der Waals surface area contributed by atoms with E-state index in [0.29, 0.717) is 37.1 Å². The molecule has 0 radical (unpaired) electrons. The summed E-state index contributed by atoms with van der Waals surface area (Å²) in [5.41, 5.74) is 1.43. The first-order valence-electron chi connectivity index (χ1n) is 11.2. The number of carbonyl (C=O) groups excluding carboxylic acids is 2. The van der Waals surface area contributed by atoms with Crippen LogP contribution in [0.1, 0.15) is 31.7 Å². The molecule has 1 atom stereocenters. The number of likely N-dealkylation sites (tertiary alicyclic amines) is 1. The second-order valence-corrected chi connectivity index (χ2v) is 8.63. The lowest BCUT2D eigenvalue weighted by Crippen LogP contribution is -2.56. The molecule has 1 unspecified atom stereocenters. The van der Waals surface area contributed by atoms with Crippen LogP contribution in [0.15, 0.2) is 29.3 Å². The number of nitrogens with zero attached hydrogens (tertiary/aromatic N) is 5. The molecule has 1 aromatic heterocycles. The lowest BCUT2D eigenvalue weighted by molar-refractivity contribution is -0.139. The van der Waals surface area contributed by atoms with Crippen LogP contribution >= 0.6 is 0 Å². The third-order valence-electron chi connectivity index (χ3n) is 6.60. The van der Waals surface area contributed by atoms with Gasteiger partial charge >= 0.3 is 0 Å². The van der Waals surface area contributed by atoms with Crippen LogP contribution in [0.5, 0.6) is 0 Å². The van der Waals surface area contributed by atoms with Crippen LogP contribution in [0.3, 0.4) is 0 Å². The van der Waals surface area contributed by atoms with Crippen molar-refractivity contribution in [3.8, 4) is 0 Å². The molecule has 0 spiro atoms. The number of amides is 2. The van der Waals surface area contributed by atoms with Crippen molar-refractivity contribution in [3.63, 3.8) is 0 Å². The molecule has 2 aliphatic rings. The summed E-state index contributed by atoms with van der Waals surface area (Å²) in [7, 11) is 0. The molecule has 0 bridgehead atoms.